The van der Waals surface area contributed by atoms with Gasteiger partial charge >= 0.3 is 5.97 Å². The van der Waals surface area contributed by atoms with Crippen LogP contribution in [0.25, 0.3) is 0 Å². The molecular formula is C7H15NO8. The summed E-state index contributed by atoms with van der Waals surface area (Å²) in [5.74, 6) is 2.92. The zero-order chi connectivity index (χ0) is 12.9. The summed E-state index contributed by atoms with van der Waals surface area (Å²) in [6.07, 6.45) is -9.71. The topological polar surface area (TPSA) is 174 Å². The molecule has 0 amide bonds. The van der Waals surface area contributed by atoms with Crippen molar-refractivity contribution in [3.05, 3.63) is 0 Å². The van der Waals surface area contributed by atoms with Gasteiger partial charge < -0.3 is 30.6 Å². The molecule has 0 aliphatic rings. The summed E-state index contributed by atoms with van der Waals surface area (Å²) >= 11 is 0. The number of aliphatic hydroxyl groups is 5. The van der Waals surface area contributed by atoms with Crippen LogP contribution in [0, 0.1) is 0 Å². The lowest BCUT2D eigenvalue weighted by atomic mass is 9.99. The van der Waals surface area contributed by atoms with Crippen LogP contribution in [-0.4, -0.2) is 73.7 Å². The van der Waals surface area contributed by atoms with Gasteiger partial charge in [-0.2, -0.15) is 0 Å². The minimum atomic E-state index is -2.06. The quantitative estimate of drug-likeness (QED) is 0.218. The van der Waals surface area contributed by atoms with Crippen LogP contribution in [0.4, 0.5) is 0 Å². The molecule has 0 heterocycles. The Balaban J connectivity index is 4.57. The molecule has 0 aliphatic heterocycles. The standard InChI is InChI=1S/C7H15NO8/c8-16-6(7(14)15)5(13)4(12)3(11)2(10)1-9/h2-6,9-13H,1,8H2,(H,14,15). The Bertz CT molecular complexity index is 224. The van der Waals surface area contributed by atoms with Crippen molar-refractivity contribution < 1.29 is 40.3 Å². The average Bonchev–Trinajstić information content (AvgIpc) is 2.26. The van der Waals surface area contributed by atoms with Crippen LogP contribution in [0.3, 0.4) is 0 Å². The molecule has 0 spiro atoms. The first-order valence-electron chi connectivity index (χ1n) is 4.28. The van der Waals surface area contributed by atoms with Crippen molar-refractivity contribution in [3.8, 4) is 0 Å². The van der Waals surface area contributed by atoms with E-state index in [0.717, 1.165) is 0 Å². The Hall–Kier alpha value is -0.810. The predicted octanol–water partition coefficient (Wildman–Crippen LogP) is -4.23. The molecular weight excluding hydrogens is 226 g/mol. The summed E-state index contributed by atoms with van der Waals surface area (Å²) in [7, 11) is 0. The Morgan fingerprint density at radius 3 is 1.94 bits per heavy atom. The van der Waals surface area contributed by atoms with Gasteiger partial charge in [-0.05, 0) is 0 Å². The zero-order valence-corrected chi connectivity index (χ0v) is 8.17. The number of aliphatic carboxylic acids is 1. The number of nitrogens with two attached hydrogens (primary N) is 1. The molecule has 9 heteroatoms. The first-order valence-corrected chi connectivity index (χ1v) is 4.28. The molecule has 0 aromatic carbocycles. The average molecular weight is 241 g/mol. The van der Waals surface area contributed by atoms with E-state index < -0.39 is 43.1 Å². The highest BCUT2D eigenvalue weighted by Crippen LogP contribution is 2.10. The van der Waals surface area contributed by atoms with Crippen LogP contribution >= 0.6 is 0 Å². The second-order valence-corrected chi connectivity index (χ2v) is 3.12. The Morgan fingerprint density at radius 2 is 1.62 bits per heavy atom. The Morgan fingerprint density at radius 1 is 1.12 bits per heavy atom. The van der Waals surface area contributed by atoms with Crippen LogP contribution in [0.1, 0.15) is 0 Å². The van der Waals surface area contributed by atoms with E-state index in [0.29, 0.717) is 0 Å². The van der Waals surface area contributed by atoms with Crippen molar-refractivity contribution in [2.75, 3.05) is 6.61 Å². The van der Waals surface area contributed by atoms with E-state index >= 15 is 0 Å². The first kappa shape index (κ1) is 15.2. The summed E-state index contributed by atoms with van der Waals surface area (Å²) < 4.78 is 0. The maximum Gasteiger partial charge on any atom is 0.337 e. The summed E-state index contributed by atoms with van der Waals surface area (Å²) in [4.78, 5) is 14.4. The van der Waals surface area contributed by atoms with E-state index in [2.05, 4.69) is 10.7 Å². The molecule has 0 aromatic heterocycles. The van der Waals surface area contributed by atoms with E-state index in [9.17, 15) is 20.1 Å². The monoisotopic (exact) mass is 241 g/mol. The van der Waals surface area contributed by atoms with Crippen molar-refractivity contribution in [1.29, 1.82) is 0 Å². The molecule has 9 nitrogen and oxygen atoms in total. The second-order valence-electron chi connectivity index (χ2n) is 3.12. The fourth-order valence-corrected chi connectivity index (χ4v) is 1.00. The van der Waals surface area contributed by atoms with Gasteiger partial charge in [-0.15, -0.1) is 0 Å². The van der Waals surface area contributed by atoms with Gasteiger partial charge in [0.2, 0.25) is 6.10 Å². The third-order valence-corrected chi connectivity index (χ3v) is 1.98. The molecule has 0 bridgehead atoms. The summed E-state index contributed by atoms with van der Waals surface area (Å²) in [6.45, 7) is -0.869. The maximum atomic E-state index is 10.5. The lowest BCUT2D eigenvalue weighted by molar-refractivity contribution is -0.178. The number of hydrogen-bond acceptors (Lipinski definition) is 8. The lowest BCUT2D eigenvalue weighted by Crippen LogP contribution is -2.53. The summed E-state index contributed by atoms with van der Waals surface area (Å²) in [6, 6.07) is 0. The maximum absolute atomic E-state index is 10.5. The van der Waals surface area contributed by atoms with Crippen molar-refractivity contribution in [2.24, 2.45) is 5.90 Å². The third kappa shape index (κ3) is 3.64. The van der Waals surface area contributed by atoms with E-state index in [4.69, 9.17) is 15.3 Å². The molecule has 0 fully saturated rings. The fraction of sp³-hybridized carbons (Fsp3) is 0.857. The predicted molar refractivity (Wildman–Crippen MR) is 47.8 cm³/mol. The van der Waals surface area contributed by atoms with Gasteiger partial charge in [0.1, 0.15) is 24.4 Å². The van der Waals surface area contributed by atoms with Gasteiger partial charge in [-0.1, -0.05) is 0 Å². The largest absolute Gasteiger partial charge is 0.479 e. The van der Waals surface area contributed by atoms with Crippen LogP contribution in [-0.2, 0) is 9.63 Å². The van der Waals surface area contributed by atoms with Crippen LogP contribution in [0.5, 0.6) is 0 Å². The van der Waals surface area contributed by atoms with Gasteiger partial charge in [0, 0.05) is 0 Å². The smallest absolute Gasteiger partial charge is 0.337 e. The highest BCUT2D eigenvalue weighted by atomic mass is 16.6. The van der Waals surface area contributed by atoms with E-state index in [1.54, 1.807) is 0 Å². The normalized spacial score (nSPS) is 20.9. The van der Waals surface area contributed by atoms with Gasteiger partial charge in [-0.3, -0.25) is 4.84 Å². The van der Waals surface area contributed by atoms with Gasteiger partial charge in [0.15, 0.2) is 0 Å². The highest BCUT2D eigenvalue weighted by Gasteiger charge is 2.38. The summed E-state index contributed by atoms with van der Waals surface area (Å²) in [5, 5.41) is 53.6. The van der Waals surface area contributed by atoms with Gasteiger partial charge in [-0.25, -0.2) is 10.7 Å². The lowest BCUT2D eigenvalue weighted by Gasteiger charge is -2.27. The zero-order valence-electron chi connectivity index (χ0n) is 8.17. The molecule has 0 rings (SSSR count). The fourth-order valence-electron chi connectivity index (χ4n) is 1.00. The molecule has 0 aromatic rings. The highest BCUT2D eigenvalue weighted by molar-refractivity contribution is 5.73. The Kier molecular flexibility index (Phi) is 6.36. The van der Waals surface area contributed by atoms with E-state index in [1.807, 2.05) is 0 Å². The van der Waals surface area contributed by atoms with Crippen LogP contribution in [0.2, 0.25) is 0 Å². The number of carboxylic acids is 1. The molecule has 5 atom stereocenters. The minimum Gasteiger partial charge on any atom is -0.479 e. The molecule has 5 unspecified atom stereocenters. The van der Waals surface area contributed by atoms with Crippen LogP contribution in [0.15, 0.2) is 0 Å². The Labute approximate surface area is 90.3 Å². The van der Waals surface area contributed by atoms with E-state index in [-0.39, 0.29) is 0 Å². The number of aliphatic hydroxyl groups excluding tert-OH is 5. The van der Waals surface area contributed by atoms with Gasteiger partial charge in [0.25, 0.3) is 0 Å². The molecule has 96 valence electrons. The molecule has 0 saturated heterocycles. The molecule has 0 radical (unpaired) electrons. The van der Waals surface area contributed by atoms with Crippen LogP contribution < -0.4 is 5.90 Å². The number of carboxylic acid groups (broad SMARTS) is 1. The molecule has 16 heavy (non-hydrogen) atoms. The molecule has 0 saturated carbocycles. The van der Waals surface area contributed by atoms with Crippen molar-refractivity contribution in [1.82, 2.24) is 0 Å². The summed E-state index contributed by atoms with van der Waals surface area (Å²) in [5.41, 5.74) is 0. The molecule has 0 aliphatic carbocycles. The number of rotatable bonds is 7. The minimum absolute atomic E-state index is 0.869. The first-order chi connectivity index (χ1) is 7.36. The van der Waals surface area contributed by atoms with Crippen molar-refractivity contribution >= 4 is 5.97 Å². The number of hydrogen-bond donors (Lipinski definition) is 7. The van der Waals surface area contributed by atoms with Gasteiger partial charge in [0.05, 0.1) is 6.61 Å². The second kappa shape index (κ2) is 6.70. The molecule has 8 N–H and O–H groups in total. The third-order valence-electron chi connectivity index (χ3n) is 1.98. The number of carbonyl (C=O) groups is 1. The van der Waals surface area contributed by atoms with E-state index in [1.165, 1.54) is 0 Å². The van der Waals surface area contributed by atoms with Crippen molar-refractivity contribution in [3.63, 3.8) is 0 Å². The SMILES string of the molecule is NOC(C(=O)O)C(O)C(O)C(O)C(O)CO. The van der Waals surface area contributed by atoms with Crippen molar-refractivity contribution in [2.45, 2.75) is 30.5 Å².